The zero-order valence-electron chi connectivity index (χ0n) is 15.2. The third kappa shape index (κ3) is 2.99. The van der Waals surface area contributed by atoms with Gasteiger partial charge in [-0.25, -0.2) is 0 Å². The van der Waals surface area contributed by atoms with Crippen molar-refractivity contribution in [2.24, 2.45) is 11.8 Å². The molecule has 0 bridgehead atoms. The van der Waals surface area contributed by atoms with Crippen molar-refractivity contribution in [3.05, 3.63) is 54.1 Å². The molecule has 3 atom stereocenters. The lowest BCUT2D eigenvalue weighted by molar-refractivity contribution is -0.0437. The first-order valence-electron chi connectivity index (χ1n) is 10.1. The SMILES string of the molecule is c1ccc(Oc2ccc3c(c2)C2OCCC[C@H]2[C@@H](C2CCCC2)N3)cc1. The molecule has 0 amide bonds. The Kier molecular flexibility index (Phi) is 4.33. The predicted molar refractivity (Wildman–Crippen MR) is 104 cm³/mol. The summed E-state index contributed by atoms with van der Waals surface area (Å²) >= 11 is 0. The number of hydrogen-bond donors (Lipinski definition) is 1. The molecule has 0 aromatic heterocycles. The van der Waals surface area contributed by atoms with Crippen LogP contribution < -0.4 is 10.1 Å². The lowest BCUT2D eigenvalue weighted by Gasteiger charge is -2.45. The zero-order chi connectivity index (χ0) is 17.3. The lowest BCUT2D eigenvalue weighted by Crippen LogP contribution is -2.44. The van der Waals surface area contributed by atoms with Crippen molar-refractivity contribution >= 4 is 5.69 Å². The number of para-hydroxylation sites is 1. The summed E-state index contributed by atoms with van der Waals surface area (Å²) in [5.41, 5.74) is 2.52. The molecule has 1 unspecified atom stereocenters. The maximum atomic E-state index is 6.31. The smallest absolute Gasteiger partial charge is 0.127 e. The molecule has 3 heteroatoms. The van der Waals surface area contributed by atoms with E-state index in [0.717, 1.165) is 24.0 Å². The van der Waals surface area contributed by atoms with E-state index in [-0.39, 0.29) is 6.10 Å². The van der Waals surface area contributed by atoms with Crippen molar-refractivity contribution in [3.8, 4) is 11.5 Å². The Bertz CT molecular complexity index is 754. The van der Waals surface area contributed by atoms with Crippen LogP contribution in [0.4, 0.5) is 5.69 Å². The first-order valence-corrected chi connectivity index (χ1v) is 10.1. The lowest BCUT2D eigenvalue weighted by atomic mass is 9.75. The highest BCUT2D eigenvalue weighted by Crippen LogP contribution is 2.48. The van der Waals surface area contributed by atoms with Crippen molar-refractivity contribution in [3.63, 3.8) is 0 Å². The van der Waals surface area contributed by atoms with Crippen molar-refractivity contribution in [1.29, 1.82) is 0 Å². The highest BCUT2D eigenvalue weighted by Gasteiger charge is 2.42. The second-order valence-corrected chi connectivity index (χ2v) is 7.98. The third-order valence-electron chi connectivity index (χ3n) is 6.37. The van der Waals surface area contributed by atoms with Gasteiger partial charge in [0.15, 0.2) is 0 Å². The Labute approximate surface area is 155 Å². The van der Waals surface area contributed by atoms with Gasteiger partial charge in [0.25, 0.3) is 0 Å². The molecular weight excluding hydrogens is 322 g/mol. The summed E-state index contributed by atoms with van der Waals surface area (Å²) in [5.74, 6) is 3.16. The summed E-state index contributed by atoms with van der Waals surface area (Å²) in [4.78, 5) is 0. The van der Waals surface area contributed by atoms with Gasteiger partial charge < -0.3 is 14.8 Å². The van der Waals surface area contributed by atoms with E-state index in [2.05, 4.69) is 23.5 Å². The van der Waals surface area contributed by atoms with Gasteiger partial charge in [-0.2, -0.15) is 0 Å². The Balaban J connectivity index is 1.45. The summed E-state index contributed by atoms with van der Waals surface area (Å²) in [6.07, 6.45) is 8.17. The Morgan fingerprint density at radius 2 is 1.73 bits per heavy atom. The van der Waals surface area contributed by atoms with Crippen molar-refractivity contribution in [2.45, 2.75) is 50.7 Å². The molecule has 1 N–H and O–H groups in total. The fourth-order valence-electron chi connectivity index (χ4n) is 5.16. The van der Waals surface area contributed by atoms with Crippen LogP contribution in [0, 0.1) is 11.8 Å². The van der Waals surface area contributed by atoms with Gasteiger partial charge in [0, 0.05) is 29.8 Å². The average Bonchev–Trinajstić information content (AvgIpc) is 3.23. The van der Waals surface area contributed by atoms with Crippen LogP contribution in [-0.4, -0.2) is 12.6 Å². The standard InChI is InChI=1S/C23H27NO2/c1-2-9-17(10-3-1)26-18-12-13-21-20(15-18)23-19(11-6-14-25-23)22(24-21)16-7-4-5-8-16/h1-3,9-10,12-13,15-16,19,22-24H,4-8,11,14H2/t19-,22+,23?/m0/s1. The highest BCUT2D eigenvalue weighted by atomic mass is 16.5. The van der Waals surface area contributed by atoms with E-state index in [0.29, 0.717) is 12.0 Å². The molecule has 2 aromatic rings. The second kappa shape index (κ2) is 6.96. The molecule has 0 radical (unpaired) electrons. The van der Waals surface area contributed by atoms with Gasteiger partial charge in [-0.15, -0.1) is 0 Å². The normalized spacial score (nSPS) is 28.1. The molecular formula is C23H27NO2. The first kappa shape index (κ1) is 16.2. The van der Waals surface area contributed by atoms with Gasteiger partial charge in [0.2, 0.25) is 0 Å². The minimum atomic E-state index is 0.213. The van der Waals surface area contributed by atoms with Crippen LogP contribution in [0.1, 0.15) is 50.2 Å². The monoisotopic (exact) mass is 349 g/mol. The summed E-state index contributed by atoms with van der Waals surface area (Å²) in [6, 6.07) is 17.0. The summed E-state index contributed by atoms with van der Waals surface area (Å²) in [7, 11) is 0. The Morgan fingerprint density at radius 1 is 0.885 bits per heavy atom. The minimum Gasteiger partial charge on any atom is -0.457 e. The van der Waals surface area contributed by atoms with Gasteiger partial charge in [-0.3, -0.25) is 0 Å². The van der Waals surface area contributed by atoms with Crippen LogP contribution in [0.25, 0.3) is 0 Å². The molecule has 2 aromatic carbocycles. The van der Waals surface area contributed by atoms with Crippen LogP contribution >= 0.6 is 0 Å². The Morgan fingerprint density at radius 3 is 2.58 bits per heavy atom. The summed E-state index contributed by atoms with van der Waals surface area (Å²) < 4.78 is 12.4. The zero-order valence-corrected chi connectivity index (χ0v) is 15.2. The quantitative estimate of drug-likeness (QED) is 0.745. The molecule has 1 aliphatic carbocycles. The second-order valence-electron chi connectivity index (χ2n) is 7.98. The summed E-state index contributed by atoms with van der Waals surface area (Å²) in [6.45, 7) is 0.877. The van der Waals surface area contributed by atoms with Gasteiger partial charge in [-0.1, -0.05) is 31.0 Å². The summed E-state index contributed by atoms with van der Waals surface area (Å²) in [5, 5.41) is 3.89. The van der Waals surface area contributed by atoms with E-state index in [1.807, 2.05) is 30.3 Å². The highest BCUT2D eigenvalue weighted by molar-refractivity contribution is 5.59. The van der Waals surface area contributed by atoms with Crippen LogP contribution in [0.5, 0.6) is 11.5 Å². The van der Waals surface area contributed by atoms with Crippen LogP contribution in [0.3, 0.4) is 0 Å². The molecule has 3 aliphatic rings. The molecule has 0 spiro atoms. The molecule has 2 fully saturated rings. The number of nitrogens with one attached hydrogen (secondary N) is 1. The van der Waals surface area contributed by atoms with Crippen molar-refractivity contribution in [1.82, 2.24) is 0 Å². The maximum absolute atomic E-state index is 6.31. The topological polar surface area (TPSA) is 30.5 Å². The van der Waals surface area contributed by atoms with Crippen LogP contribution in [-0.2, 0) is 4.74 Å². The molecule has 1 saturated heterocycles. The van der Waals surface area contributed by atoms with E-state index in [1.165, 1.54) is 49.8 Å². The van der Waals surface area contributed by atoms with E-state index >= 15 is 0 Å². The number of ether oxygens (including phenoxy) is 2. The predicted octanol–water partition coefficient (Wildman–Crippen LogP) is 5.93. The van der Waals surface area contributed by atoms with Crippen molar-refractivity contribution in [2.75, 3.05) is 11.9 Å². The van der Waals surface area contributed by atoms with Crippen molar-refractivity contribution < 1.29 is 9.47 Å². The third-order valence-corrected chi connectivity index (χ3v) is 6.37. The number of fused-ring (bicyclic) bond motifs is 3. The molecule has 26 heavy (non-hydrogen) atoms. The van der Waals surface area contributed by atoms with E-state index in [9.17, 15) is 0 Å². The van der Waals surface area contributed by atoms with Gasteiger partial charge in [0.1, 0.15) is 11.5 Å². The number of benzene rings is 2. The molecule has 3 nitrogen and oxygen atoms in total. The van der Waals surface area contributed by atoms with E-state index < -0.39 is 0 Å². The number of rotatable bonds is 3. The maximum Gasteiger partial charge on any atom is 0.127 e. The number of anilines is 1. The fourth-order valence-corrected chi connectivity index (χ4v) is 5.16. The van der Waals surface area contributed by atoms with Crippen LogP contribution in [0.15, 0.2) is 48.5 Å². The average molecular weight is 349 g/mol. The van der Waals surface area contributed by atoms with Gasteiger partial charge in [0.05, 0.1) is 6.10 Å². The first-order chi connectivity index (χ1) is 12.9. The Hall–Kier alpha value is -2.00. The van der Waals surface area contributed by atoms with E-state index in [1.54, 1.807) is 0 Å². The van der Waals surface area contributed by atoms with E-state index in [4.69, 9.17) is 9.47 Å². The largest absolute Gasteiger partial charge is 0.457 e. The molecule has 2 heterocycles. The minimum absolute atomic E-state index is 0.213. The van der Waals surface area contributed by atoms with Gasteiger partial charge in [-0.05, 0) is 61.9 Å². The van der Waals surface area contributed by atoms with Gasteiger partial charge >= 0.3 is 0 Å². The molecule has 5 rings (SSSR count). The molecule has 2 aliphatic heterocycles. The molecule has 136 valence electrons. The molecule has 1 saturated carbocycles. The fraction of sp³-hybridized carbons (Fsp3) is 0.478. The van der Waals surface area contributed by atoms with Crippen LogP contribution in [0.2, 0.25) is 0 Å². The number of hydrogen-bond acceptors (Lipinski definition) is 3.